The van der Waals surface area contributed by atoms with E-state index in [1.807, 2.05) is 0 Å². The van der Waals surface area contributed by atoms with Gasteiger partial charge in [0.15, 0.2) is 17.5 Å². The van der Waals surface area contributed by atoms with Gasteiger partial charge in [-0.25, -0.2) is 18.7 Å². The molecule has 3 aromatic carbocycles. The minimum Gasteiger partial charge on any atom is -0.478 e. The molecule has 1 amide bonds. The van der Waals surface area contributed by atoms with Gasteiger partial charge in [0.25, 0.3) is 5.91 Å². The van der Waals surface area contributed by atoms with Crippen LogP contribution in [0.25, 0.3) is 22.5 Å². The Balaban J connectivity index is 1.57. The fraction of sp³-hybridized carbons (Fsp3) is 0.0455. The molecule has 0 aliphatic carbocycles. The highest BCUT2D eigenvalue weighted by Crippen LogP contribution is 2.35. The molecule has 5 rings (SSSR count). The Kier molecular flexibility index (Phi) is 4.47. The molecule has 1 aliphatic heterocycles. The van der Waals surface area contributed by atoms with Crippen molar-refractivity contribution < 1.29 is 23.5 Å². The highest BCUT2D eigenvalue weighted by atomic mass is 19.2. The molecule has 0 saturated carbocycles. The van der Waals surface area contributed by atoms with Crippen molar-refractivity contribution in [3.63, 3.8) is 0 Å². The lowest BCUT2D eigenvalue weighted by atomic mass is 10.0. The average Bonchev–Trinajstić information content (AvgIpc) is 3.43. The number of aromatic nitrogens is 4. The third-order valence-corrected chi connectivity index (χ3v) is 5.30. The molecule has 0 spiro atoms. The van der Waals surface area contributed by atoms with E-state index in [1.165, 1.54) is 29.2 Å². The topological polar surface area (TPSA) is 112 Å². The summed E-state index contributed by atoms with van der Waals surface area (Å²) in [5.41, 5.74) is 2.58. The number of aromatic carboxylic acids is 1. The van der Waals surface area contributed by atoms with Gasteiger partial charge in [0.05, 0.1) is 17.8 Å². The third-order valence-electron chi connectivity index (χ3n) is 5.30. The Morgan fingerprint density at radius 3 is 2.44 bits per heavy atom. The molecule has 4 aromatic rings. The van der Waals surface area contributed by atoms with E-state index in [0.29, 0.717) is 33.6 Å². The van der Waals surface area contributed by atoms with Crippen molar-refractivity contribution in [2.24, 2.45) is 0 Å². The number of carbonyl (C=O) groups is 2. The van der Waals surface area contributed by atoms with Crippen molar-refractivity contribution in [2.75, 3.05) is 4.90 Å². The lowest BCUT2D eigenvalue weighted by Gasteiger charge is -2.19. The molecule has 158 valence electrons. The lowest BCUT2D eigenvalue weighted by Crippen LogP contribution is -2.25. The summed E-state index contributed by atoms with van der Waals surface area (Å²) in [5.74, 6) is -3.22. The summed E-state index contributed by atoms with van der Waals surface area (Å²) in [5, 5.41) is 23.2. The number of anilines is 1. The van der Waals surface area contributed by atoms with Gasteiger partial charge in [0.1, 0.15) is 0 Å². The molecule has 0 saturated heterocycles. The third kappa shape index (κ3) is 3.18. The molecule has 10 heteroatoms. The van der Waals surface area contributed by atoms with Crippen LogP contribution in [0.1, 0.15) is 26.3 Å². The fourth-order valence-corrected chi connectivity index (χ4v) is 3.72. The molecule has 2 heterocycles. The van der Waals surface area contributed by atoms with Crippen LogP contribution in [0.15, 0.2) is 54.6 Å². The van der Waals surface area contributed by atoms with Crippen molar-refractivity contribution in [1.82, 2.24) is 20.6 Å². The number of hydrogen-bond donors (Lipinski definition) is 2. The Morgan fingerprint density at radius 1 is 0.969 bits per heavy atom. The molecular weight excluding hydrogens is 420 g/mol. The zero-order valence-electron chi connectivity index (χ0n) is 16.2. The predicted molar refractivity (Wildman–Crippen MR) is 109 cm³/mol. The van der Waals surface area contributed by atoms with E-state index in [1.54, 1.807) is 18.2 Å². The van der Waals surface area contributed by atoms with E-state index in [0.717, 1.165) is 12.1 Å². The van der Waals surface area contributed by atoms with E-state index >= 15 is 0 Å². The number of carboxylic acids is 1. The first-order valence-corrected chi connectivity index (χ1v) is 9.44. The molecule has 2 N–H and O–H groups in total. The molecule has 0 atom stereocenters. The van der Waals surface area contributed by atoms with Crippen LogP contribution in [-0.4, -0.2) is 37.6 Å². The minimum absolute atomic E-state index is 0.0860. The predicted octanol–water partition coefficient (Wildman–Crippen LogP) is 3.67. The second kappa shape index (κ2) is 7.34. The van der Waals surface area contributed by atoms with Crippen molar-refractivity contribution in [3.05, 3.63) is 82.9 Å². The second-order valence-electron chi connectivity index (χ2n) is 7.18. The van der Waals surface area contributed by atoms with Crippen LogP contribution in [0.5, 0.6) is 0 Å². The molecule has 1 aromatic heterocycles. The second-order valence-corrected chi connectivity index (χ2v) is 7.18. The van der Waals surface area contributed by atoms with Crippen LogP contribution in [0.4, 0.5) is 14.5 Å². The highest BCUT2D eigenvalue weighted by Gasteiger charge is 2.32. The van der Waals surface area contributed by atoms with Gasteiger partial charge in [0, 0.05) is 11.1 Å². The number of amides is 1. The standard InChI is InChI=1S/C22H13F2N5O3/c23-17-6-4-11(8-18(17)24)12-3-5-15(22(31)32)19(9-12)29-10-14-2-1-13(7-16(14)21(29)30)20-25-27-28-26-20/h1-9H,10H2,(H,31,32)(H,25,26,27,28). The maximum absolute atomic E-state index is 13.7. The molecule has 8 nitrogen and oxygen atoms in total. The monoisotopic (exact) mass is 433 g/mol. The van der Waals surface area contributed by atoms with E-state index in [9.17, 15) is 23.5 Å². The van der Waals surface area contributed by atoms with Gasteiger partial charge < -0.3 is 10.0 Å². The maximum Gasteiger partial charge on any atom is 0.337 e. The Morgan fingerprint density at radius 2 is 1.72 bits per heavy atom. The van der Waals surface area contributed by atoms with Crippen molar-refractivity contribution in [3.8, 4) is 22.5 Å². The number of nitrogens with zero attached hydrogens (tertiary/aromatic N) is 4. The molecule has 32 heavy (non-hydrogen) atoms. The molecule has 0 unspecified atom stereocenters. The van der Waals surface area contributed by atoms with E-state index in [2.05, 4.69) is 20.6 Å². The lowest BCUT2D eigenvalue weighted by molar-refractivity contribution is 0.0697. The number of halogens is 2. The Labute approximate surface area is 179 Å². The summed E-state index contributed by atoms with van der Waals surface area (Å²) in [6, 6.07) is 12.9. The molecule has 0 fully saturated rings. The van der Waals surface area contributed by atoms with Crippen LogP contribution < -0.4 is 4.90 Å². The first kappa shape index (κ1) is 19.5. The largest absolute Gasteiger partial charge is 0.478 e. The van der Waals surface area contributed by atoms with E-state index in [4.69, 9.17) is 0 Å². The summed E-state index contributed by atoms with van der Waals surface area (Å²) in [4.78, 5) is 26.4. The zero-order chi connectivity index (χ0) is 22.4. The first-order valence-electron chi connectivity index (χ1n) is 9.44. The summed E-state index contributed by atoms with van der Waals surface area (Å²) < 4.78 is 27.0. The van der Waals surface area contributed by atoms with Crippen LogP contribution >= 0.6 is 0 Å². The van der Waals surface area contributed by atoms with Gasteiger partial charge >= 0.3 is 5.97 Å². The number of nitrogens with one attached hydrogen (secondary N) is 1. The molecular formula is C22H13F2N5O3. The van der Waals surface area contributed by atoms with Gasteiger partial charge in [-0.3, -0.25) is 4.79 Å². The van der Waals surface area contributed by atoms with Crippen molar-refractivity contribution in [2.45, 2.75) is 6.54 Å². The summed E-state index contributed by atoms with van der Waals surface area (Å²) in [7, 11) is 0. The molecule has 0 radical (unpaired) electrons. The molecule has 0 bridgehead atoms. The first-order chi connectivity index (χ1) is 15.4. The van der Waals surface area contributed by atoms with Crippen molar-refractivity contribution in [1.29, 1.82) is 0 Å². The van der Waals surface area contributed by atoms with Crippen LogP contribution in [0.2, 0.25) is 0 Å². The summed E-state index contributed by atoms with van der Waals surface area (Å²) in [6.07, 6.45) is 0. The smallest absolute Gasteiger partial charge is 0.337 e. The van der Waals surface area contributed by atoms with Crippen LogP contribution in [0, 0.1) is 11.6 Å². The molecule has 1 aliphatic rings. The van der Waals surface area contributed by atoms with Gasteiger partial charge in [-0.2, -0.15) is 0 Å². The van der Waals surface area contributed by atoms with E-state index < -0.39 is 17.6 Å². The number of tetrazole rings is 1. The summed E-state index contributed by atoms with van der Waals surface area (Å²) in [6.45, 7) is 0.157. The van der Waals surface area contributed by atoms with Gasteiger partial charge in [-0.15, -0.1) is 5.10 Å². The zero-order valence-corrected chi connectivity index (χ0v) is 16.2. The van der Waals surface area contributed by atoms with Crippen LogP contribution in [-0.2, 0) is 6.54 Å². The number of carboxylic acid groups (broad SMARTS) is 1. The normalized spacial score (nSPS) is 12.8. The van der Waals surface area contributed by atoms with Crippen LogP contribution in [0.3, 0.4) is 0 Å². The minimum atomic E-state index is -1.21. The summed E-state index contributed by atoms with van der Waals surface area (Å²) >= 11 is 0. The number of H-pyrrole nitrogens is 1. The number of fused-ring (bicyclic) bond motifs is 1. The Hall–Kier alpha value is -4.47. The number of aromatic amines is 1. The van der Waals surface area contributed by atoms with Gasteiger partial charge in [-0.05, 0) is 57.4 Å². The fourth-order valence-electron chi connectivity index (χ4n) is 3.72. The van der Waals surface area contributed by atoms with E-state index in [-0.39, 0.29) is 23.7 Å². The average molecular weight is 433 g/mol. The number of hydrogen-bond acceptors (Lipinski definition) is 5. The quantitative estimate of drug-likeness (QED) is 0.508. The highest BCUT2D eigenvalue weighted by molar-refractivity contribution is 6.13. The Bertz CT molecular complexity index is 1390. The maximum atomic E-state index is 13.7. The number of rotatable bonds is 4. The van der Waals surface area contributed by atoms with Gasteiger partial charge in [-0.1, -0.05) is 24.3 Å². The van der Waals surface area contributed by atoms with Gasteiger partial charge in [0.2, 0.25) is 0 Å². The number of carbonyl (C=O) groups excluding carboxylic acids is 1. The van der Waals surface area contributed by atoms with Crippen molar-refractivity contribution >= 4 is 17.6 Å². The SMILES string of the molecule is O=C(O)c1ccc(-c2ccc(F)c(F)c2)cc1N1Cc2ccc(-c3nnn[nH]3)cc2C1=O. The number of benzene rings is 3.